The van der Waals surface area contributed by atoms with Crippen LogP contribution in [0.5, 0.6) is 11.5 Å². The summed E-state index contributed by atoms with van der Waals surface area (Å²) in [6.45, 7) is 3.55. The third-order valence-electron chi connectivity index (χ3n) is 4.55. The van der Waals surface area contributed by atoms with E-state index in [1.165, 1.54) is 18.2 Å². The Kier molecular flexibility index (Phi) is 5.89. The fourth-order valence-corrected chi connectivity index (χ4v) is 3.34. The molecule has 0 radical (unpaired) electrons. The molecular formula is C21H19ClN2O5. The zero-order valence-electron chi connectivity index (χ0n) is 16.1. The highest BCUT2D eigenvalue weighted by Crippen LogP contribution is 2.29. The Labute approximate surface area is 172 Å². The van der Waals surface area contributed by atoms with Crippen LogP contribution in [0.3, 0.4) is 0 Å². The Morgan fingerprint density at radius 1 is 1.14 bits per heavy atom. The molecule has 8 heteroatoms. The van der Waals surface area contributed by atoms with Crippen LogP contribution >= 0.6 is 11.6 Å². The van der Waals surface area contributed by atoms with Gasteiger partial charge in [-0.15, -0.1) is 0 Å². The molecule has 0 amide bonds. The molecule has 0 unspecified atom stereocenters. The van der Waals surface area contributed by atoms with Crippen LogP contribution in [-0.2, 0) is 0 Å². The first kappa shape index (κ1) is 20.4. The minimum absolute atomic E-state index is 0.0794. The van der Waals surface area contributed by atoms with Gasteiger partial charge in [0.1, 0.15) is 11.5 Å². The lowest BCUT2D eigenvalue weighted by atomic mass is 10.1. The van der Waals surface area contributed by atoms with Gasteiger partial charge < -0.3 is 14.0 Å². The number of nitro benzene ring substituents is 1. The fourth-order valence-electron chi connectivity index (χ4n) is 3.12. The highest BCUT2D eigenvalue weighted by molar-refractivity contribution is 6.32. The number of aryl methyl sites for hydroxylation is 1. The lowest BCUT2D eigenvalue weighted by Crippen LogP contribution is -2.13. The van der Waals surface area contributed by atoms with E-state index in [4.69, 9.17) is 21.1 Å². The third-order valence-corrected chi connectivity index (χ3v) is 4.84. The fraction of sp³-hybridized carbons (Fsp3) is 0.190. The molecule has 0 aliphatic rings. The molecule has 0 aliphatic heterocycles. The van der Waals surface area contributed by atoms with Crippen molar-refractivity contribution in [1.82, 2.24) is 4.57 Å². The minimum atomic E-state index is -0.547. The second-order valence-corrected chi connectivity index (χ2v) is 6.81. The third kappa shape index (κ3) is 4.25. The van der Waals surface area contributed by atoms with E-state index in [1.807, 2.05) is 48.7 Å². The Hall–Kier alpha value is -3.32. The van der Waals surface area contributed by atoms with Gasteiger partial charge in [0.15, 0.2) is 6.61 Å². The summed E-state index contributed by atoms with van der Waals surface area (Å²) < 4.78 is 12.7. The van der Waals surface area contributed by atoms with Crippen molar-refractivity contribution in [3.63, 3.8) is 0 Å². The molecule has 3 aromatic rings. The van der Waals surface area contributed by atoms with Crippen molar-refractivity contribution < 1.29 is 19.2 Å². The van der Waals surface area contributed by atoms with E-state index in [0.29, 0.717) is 5.56 Å². The number of methoxy groups -OCH3 is 1. The predicted molar refractivity (Wildman–Crippen MR) is 110 cm³/mol. The zero-order chi connectivity index (χ0) is 21.1. The van der Waals surface area contributed by atoms with Crippen molar-refractivity contribution in [2.75, 3.05) is 13.7 Å². The highest BCUT2D eigenvalue weighted by atomic mass is 35.5. The second-order valence-electron chi connectivity index (χ2n) is 6.40. The Bertz CT molecular complexity index is 1070. The van der Waals surface area contributed by atoms with E-state index >= 15 is 0 Å². The number of benzene rings is 2. The number of halogens is 1. The molecule has 7 nitrogen and oxygen atoms in total. The van der Waals surface area contributed by atoms with Gasteiger partial charge in [0.05, 0.1) is 17.1 Å². The number of ketones is 1. The number of nitrogens with zero attached hydrogens (tertiary/aromatic N) is 2. The summed E-state index contributed by atoms with van der Waals surface area (Å²) in [7, 11) is 1.61. The van der Waals surface area contributed by atoms with E-state index in [1.54, 1.807) is 7.11 Å². The van der Waals surface area contributed by atoms with Crippen LogP contribution in [0.4, 0.5) is 5.69 Å². The number of aromatic nitrogens is 1. The molecule has 1 aromatic heterocycles. The van der Waals surface area contributed by atoms with E-state index in [9.17, 15) is 14.9 Å². The number of non-ortho nitro benzene ring substituents is 1. The second kappa shape index (κ2) is 8.36. The lowest BCUT2D eigenvalue weighted by Gasteiger charge is -2.11. The zero-order valence-corrected chi connectivity index (χ0v) is 16.9. The van der Waals surface area contributed by atoms with Gasteiger partial charge in [-0.3, -0.25) is 14.9 Å². The number of Topliss-reactive ketones (excluding diaryl/α,β-unsaturated/α-hetero) is 1. The van der Waals surface area contributed by atoms with Crippen molar-refractivity contribution in [2.45, 2.75) is 13.8 Å². The quantitative estimate of drug-likeness (QED) is 0.311. The molecule has 0 saturated carbocycles. The molecule has 0 saturated heterocycles. The molecule has 0 bridgehead atoms. The summed E-state index contributed by atoms with van der Waals surface area (Å²) in [6, 6.07) is 13.2. The smallest absolute Gasteiger partial charge is 0.271 e. The predicted octanol–water partition coefficient (Wildman–Crippen LogP) is 4.93. The van der Waals surface area contributed by atoms with Crippen molar-refractivity contribution >= 4 is 23.1 Å². The first-order chi connectivity index (χ1) is 13.8. The Morgan fingerprint density at radius 3 is 2.41 bits per heavy atom. The maximum Gasteiger partial charge on any atom is 0.271 e. The number of nitro groups is 1. The average Bonchev–Trinajstić information content (AvgIpc) is 3.01. The SMILES string of the molecule is COc1ccc(-n2c(C)cc(C(=O)COc3ccc([N+](=O)[O-])cc3Cl)c2C)cc1. The molecule has 1 heterocycles. The van der Waals surface area contributed by atoms with Gasteiger partial charge in [-0.25, -0.2) is 0 Å². The monoisotopic (exact) mass is 414 g/mol. The summed E-state index contributed by atoms with van der Waals surface area (Å²) in [5, 5.41) is 10.9. The summed E-state index contributed by atoms with van der Waals surface area (Å²) >= 11 is 6.01. The van der Waals surface area contributed by atoms with Crippen LogP contribution in [-0.4, -0.2) is 29.0 Å². The van der Waals surface area contributed by atoms with Gasteiger partial charge in [0, 0.05) is 34.8 Å². The van der Waals surface area contributed by atoms with Gasteiger partial charge in [0.2, 0.25) is 5.78 Å². The molecule has 3 rings (SSSR count). The maximum atomic E-state index is 12.7. The normalized spacial score (nSPS) is 10.6. The van der Waals surface area contributed by atoms with Crippen LogP contribution in [0.25, 0.3) is 5.69 Å². The molecular weight excluding hydrogens is 396 g/mol. The van der Waals surface area contributed by atoms with Crippen molar-refractivity contribution in [3.05, 3.63) is 80.6 Å². The highest BCUT2D eigenvalue weighted by Gasteiger charge is 2.18. The molecule has 150 valence electrons. The number of carbonyl (C=O) groups excluding carboxylic acids is 1. The van der Waals surface area contributed by atoms with E-state index in [-0.39, 0.29) is 28.8 Å². The Morgan fingerprint density at radius 2 is 1.83 bits per heavy atom. The first-order valence-electron chi connectivity index (χ1n) is 8.75. The van der Waals surface area contributed by atoms with Gasteiger partial charge in [-0.1, -0.05) is 11.6 Å². The molecule has 0 spiro atoms. The first-order valence-corrected chi connectivity index (χ1v) is 9.13. The van der Waals surface area contributed by atoms with Gasteiger partial charge in [-0.2, -0.15) is 0 Å². The van der Waals surface area contributed by atoms with E-state index in [2.05, 4.69) is 0 Å². The number of rotatable bonds is 7. The average molecular weight is 415 g/mol. The van der Waals surface area contributed by atoms with E-state index in [0.717, 1.165) is 22.8 Å². The summed E-state index contributed by atoms with van der Waals surface area (Å²) in [4.78, 5) is 22.9. The minimum Gasteiger partial charge on any atom is -0.497 e. The van der Waals surface area contributed by atoms with Gasteiger partial charge in [-0.05, 0) is 50.2 Å². The van der Waals surface area contributed by atoms with Crippen LogP contribution in [0.15, 0.2) is 48.5 Å². The number of hydrogen-bond donors (Lipinski definition) is 0. The summed E-state index contributed by atoms with van der Waals surface area (Å²) in [6.07, 6.45) is 0. The van der Waals surface area contributed by atoms with Crippen LogP contribution < -0.4 is 9.47 Å². The van der Waals surface area contributed by atoms with Crippen molar-refractivity contribution in [3.8, 4) is 17.2 Å². The van der Waals surface area contributed by atoms with Gasteiger partial charge in [0.25, 0.3) is 5.69 Å². The number of hydrogen-bond acceptors (Lipinski definition) is 5. The molecule has 0 aliphatic carbocycles. The number of carbonyl (C=O) groups is 1. The van der Waals surface area contributed by atoms with Crippen molar-refractivity contribution in [1.29, 1.82) is 0 Å². The van der Waals surface area contributed by atoms with Crippen molar-refractivity contribution in [2.24, 2.45) is 0 Å². The lowest BCUT2D eigenvalue weighted by molar-refractivity contribution is -0.384. The molecule has 0 fully saturated rings. The summed E-state index contributed by atoms with van der Waals surface area (Å²) in [5.74, 6) is 0.753. The van der Waals surface area contributed by atoms with Crippen LogP contribution in [0, 0.1) is 24.0 Å². The van der Waals surface area contributed by atoms with E-state index < -0.39 is 4.92 Å². The maximum absolute atomic E-state index is 12.7. The van der Waals surface area contributed by atoms with Gasteiger partial charge >= 0.3 is 0 Å². The van der Waals surface area contributed by atoms with Crippen LogP contribution in [0.1, 0.15) is 21.7 Å². The molecule has 2 aromatic carbocycles. The Balaban J connectivity index is 1.79. The largest absolute Gasteiger partial charge is 0.497 e. The number of ether oxygens (including phenoxy) is 2. The molecule has 0 atom stereocenters. The topological polar surface area (TPSA) is 83.6 Å². The van der Waals surface area contributed by atoms with Crippen LogP contribution in [0.2, 0.25) is 5.02 Å². The molecule has 0 N–H and O–H groups in total. The molecule has 29 heavy (non-hydrogen) atoms. The standard InChI is InChI=1S/C21H19ClN2O5/c1-13-10-18(14(2)23(13)15-4-7-17(28-3)8-5-15)20(25)12-29-21-9-6-16(24(26)27)11-19(21)22/h4-11H,12H2,1-3H3. The summed E-state index contributed by atoms with van der Waals surface area (Å²) in [5.41, 5.74) is 3.01.